The summed E-state index contributed by atoms with van der Waals surface area (Å²) in [6.45, 7) is 2.81. The molecule has 0 aromatic rings. The molecular formula is C10H18FNS. The molecule has 0 radical (unpaired) electrons. The molecule has 1 saturated heterocycles. The van der Waals surface area contributed by atoms with E-state index in [2.05, 4.69) is 5.32 Å². The van der Waals surface area contributed by atoms with Crippen LogP contribution in [-0.4, -0.2) is 29.8 Å². The van der Waals surface area contributed by atoms with Gasteiger partial charge >= 0.3 is 0 Å². The first-order valence-electron chi connectivity index (χ1n) is 5.16. The van der Waals surface area contributed by atoms with Crippen molar-refractivity contribution in [2.24, 2.45) is 5.92 Å². The third-order valence-electron chi connectivity index (χ3n) is 3.06. The van der Waals surface area contributed by atoms with Crippen LogP contribution in [0.3, 0.4) is 0 Å². The maximum absolute atomic E-state index is 13.1. The summed E-state index contributed by atoms with van der Waals surface area (Å²) in [7, 11) is 0. The smallest absolute Gasteiger partial charge is 0.111 e. The summed E-state index contributed by atoms with van der Waals surface area (Å²) in [4.78, 5) is 0. The van der Waals surface area contributed by atoms with Crippen molar-refractivity contribution in [2.75, 3.05) is 18.1 Å². The van der Waals surface area contributed by atoms with Crippen LogP contribution in [0.2, 0.25) is 0 Å². The number of thioether (sulfide) groups is 1. The Bertz CT molecular complexity index is 170. The number of nitrogens with one attached hydrogen (secondary N) is 1. The maximum atomic E-state index is 13.1. The zero-order chi connectivity index (χ0) is 9.31. The molecule has 2 fully saturated rings. The van der Waals surface area contributed by atoms with Crippen molar-refractivity contribution in [3.05, 3.63) is 0 Å². The van der Waals surface area contributed by atoms with E-state index in [1.165, 1.54) is 17.9 Å². The van der Waals surface area contributed by atoms with Crippen LogP contribution in [0.4, 0.5) is 4.39 Å². The van der Waals surface area contributed by atoms with Gasteiger partial charge in [-0.05, 0) is 50.2 Å². The van der Waals surface area contributed by atoms with Gasteiger partial charge in [0, 0.05) is 6.04 Å². The van der Waals surface area contributed by atoms with Gasteiger partial charge in [0.15, 0.2) is 0 Å². The van der Waals surface area contributed by atoms with Gasteiger partial charge in [-0.15, -0.1) is 0 Å². The Morgan fingerprint density at radius 3 is 2.85 bits per heavy atom. The van der Waals surface area contributed by atoms with E-state index in [-0.39, 0.29) is 0 Å². The Morgan fingerprint density at radius 2 is 2.31 bits per heavy atom. The van der Waals surface area contributed by atoms with Crippen molar-refractivity contribution in [1.82, 2.24) is 5.32 Å². The average molecular weight is 203 g/mol. The van der Waals surface area contributed by atoms with Gasteiger partial charge in [-0.2, -0.15) is 11.8 Å². The molecule has 1 heterocycles. The number of halogens is 1. The fourth-order valence-electron chi connectivity index (χ4n) is 2.19. The van der Waals surface area contributed by atoms with Crippen LogP contribution in [-0.2, 0) is 0 Å². The highest BCUT2D eigenvalue weighted by Crippen LogP contribution is 2.35. The number of hydrogen-bond donors (Lipinski definition) is 1. The van der Waals surface area contributed by atoms with Crippen LogP contribution in [0.25, 0.3) is 0 Å². The standard InChI is InChI=1S/C10H18FNS/c1-10(11)4-9(5-10)12-6-8-2-3-13-7-8/h8-9,12H,2-7H2,1H3. The van der Waals surface area contributed by atoms with Gasteiger partial charge in [0.25, 0.3) is 0 Å². The molecule has 0 amide bonds. The Morgan fingerprint density at radius 1 is 1.54 bits per heavy atom. The molecule has 0 aromatic heterocycles. The zero-order valence-electron chi connectivity index (χ0n) is 8.18. The molecule has 1 aliphatic heterocycles. The summed E-state index contributed by atoms with van der Waals surface area (Å²) < 4.78 is 13.1. The van der Waals surface area contributed by atoms with E-state index < -0.39 is 5.67 Å². The molecular weight excluding hydrogens is 185 g/mol. The molecule has 0 aromatic carbocycles. The predicted molar refractivity (Wildman–Crippen MR) is 56.0 cm³/mol. The number of alkyl halides is 1. The minimum absolute atomic E-state index is 0.459. The van der Waals surface area contributed by atoms with Crippen molar-refractivity contribution in [3.63, 3.8) is 0 Å². The van der Waals surface area contributed by atoms with Crippen LogP contribution < -0.4 is 5.32 Å². The first-order valence-corrected chi connectivity index (χ1v) is 6.31. The minimum atomic E-state index is -0.873. The largest absolute Gasteiger partial charge is 0.313 e. The average Bonchev–Trinajstić information content (AvgIpc) is 2.48. The monoisotopic (exact) mass is 203 g/mol. The predicted octanol–water partition coefficient (Wildman–Crippen LogP) is 2.22. The Balaban J connectivity index is 1.59. The first kappa shape index (κ1) is 9.78. The second-order valence-corrected chi connectivity index (χ2v) is 5.81. The van der Waals surface area contributed by atoms with E-state index in [4.69, 9.17) is 0 Å². The Hall–Kier alpha value is 0.240. The van der Waals surface area contributed by atoms with Crippen molar-refractivity contribution in [3.8, 4) is 0 Å². The first-order chi connectivity index (χ1) is 6.16. The van der Waals surface area contributed by atoms with Gasteiger partial charge in [0.1, 0.15) is 5.67 Å². The third-order valence-corrected chi connectivity index (χ3v) is 4.29. The molecule has 3 heteroatoms. The van der Waals surface area contributed by atoms with Gasteiger partial charge in [-0.3, -0.25) is 0 Å². The molecule has 1 unspecified atom stereocenters. The second-order valence-electron chi connectivity index (χ2n) is 4.66. The van der Waals surface area contributed by atoms with E-state index in [1.807, 2.05) is 11.8 Å². The summed E-state index contributed by atoms with van der Waals surface area (Å²) in [5.74, 6) is 3.46. The molecule has 13 heavy (non-hydrogen) atoms. The molecule has 0 spiro atoms. The minimum Gasteiger partial charge on any atom is -0.313 e. The lowest BCUT2D eigenvalue weighted by molar-refractivity contribution is 0.0468. The third kappa shape index (κ3) is 2.59. The Kier molecular flexibility index (Phi) is 2.84. The van der Waals surface area contributed by atoms with Crippen LogP contribution in [0.1, 0.15) is 26.2 Å². The topological polar surface area (TPSA) is 12.0 Å². The zero-order valence-corrected chi connectivity index (χ0v) is 9.00. The van der Waals surface area contributed by atoms with Crippen molar-refractivity contribution in [1.29, 1.82) is 0 Å². The van der Waals surface area contributed by atoms with Crippen molar-refractivity contribution < 1.29 is 4.39 Å². The van der Waals surface area contributed by atoms with Crippen LogP contribution in [0, 0.1) is 5.92 Å². The van der Waals surface area contributed by atoms with Gasteiger partial charge < -0.3 is 5.32 Å². The maximum Gasteiger partial charge on any atom is 0.111 e. The lowest BCUT2D eigenvalue weighted by Crippen LogP contribution is -2.50. The van der Waals surface area contributed by atoms with E-state index in [0.717, 1.165) is 12.5 Å². The quantitative estimate of drug-likeness (QED) is 0.755. The van der Waals surface area contributed by atoms with E-state index in [0.29, 0.717) is 18.9 Å². The number of rotatable bonds is 3. The van der Waals surface area contributed by atoms with Gasteiger partial charge in [-0.25, -0.2) is 4.39 Å². The molecule has 0 bridgehead atoms. The summed E-state index contributed by atoms with van der Waals surface area (Å²) >= 11 is 2.05. The van der Waals surface area contributed by atoms with Crippen LogP contribution in [0.5, 0.6) is 0 Å². The fraction of sp³-hybridized carbons (Fsp3) is 1.00. The van der Waals surface area contributed by atoms with E-state index in [9.17, 15) is 4.39 Å². The molecule has 1 aliphatic carbocycles. The normalized spacial score (nSPS) is 44.8. The summed E-state index contributed by atoms with van der Waals surface area (Å²) in [6, 6.07) is 0.459. The van der Waals surface area contributed by atoms with Gasteiger partial charge in [-0.1, -0.05) is 0 Å². The van der Waals surface area contributed by atoms with Crippen LogP contribution in [0.15, 0.2) is 0 Å². The van der Waals surface area contributed by atoms with E-state index >= 15 is 0 Å². The lowest BCUT2D eigenvalue weighted by atomic mass is 9.79. The lowest BCUT2D eigenvalue weighted by Gasteiger charge is -2.39. The second kappa shape index (κ2) is 3.77. The van der Waals surface area contributed by atoms with Crippen LogP contribution >= 0.6 is 11.8 Å². The summed E-state index contributed by atoms with van der Waals surface area (Å²) in [5.41, 5.74) is -0.873. The van der Waals surface area contributed by atoms with Gasteiger partial charge in [0.2, 0.25) is 0 Å². The molecule has 2 aliphatic rings. The van der Waals surface area contributed by atoms with Gasteiger partial charge in [0.05, 0.1) is 0 Å². The fourth-order valence-corrected chi connectivity index (χ4v) is 3.47. The Labute approximate surface area is 83.9 Å². The molecule has 1 atom stereocenters. The van der Waals surface area contributed by atoms with E-state index in [1.54, 1.807) is 6.92 Å². The molecule has 76 valence electrons. The number of hydrogen-bond acceptors (Lipinski definition) is 2. The SMILES string of the molecule is CC1(F)CC(NCC2CCSC2)C1. The molecule has 1 saturated carbocycles. The highest BCUT2D eigenvalue weighted by Gasteiger charge is 2.40. The van der Waals surface area contributed by atoms with Crippen molar-refractivity contribution in [2.45, 2.75) is 37.9 Å². The molecule has 1 nitrogen and oxygen atoms in total. The van der Waals surface area contributed by atoms with Crippen molar-refractivity contribution >= 4 is 11.8 Å². The molecule has 2 rings (SSSR count). The highest BCUT2D eigenvalue weighted by molar-refractivity contribution is 7.99. The highest BCUT2D eigenvalue weighted by atomic mass is 32.2. The summed E-state index contributed by atoms with van der Waals surface area (Å²) in [6.07, 6.45) is 2.77. The molecule has 1 N–H and O–H groups in total. The summed E-state index contributed by atoms with van der Waals surface area (Å²) in [5, 5.41) is 3.46.